The van der Waals surface area contributed by atoms with Gasteiger partial charge in [-0.2, -0.15) is 11.8 Å². The fourth-order valence-electron chi connectivity index (χ4n) is 4.37. The number of carbonyl (C=O) groups is 3. The molecule has 0 aliphatic carbocycles. The lowest BCUT2D eigenvalue weighted by Gasteiger charge is -2.19. The number of hydrogen-bond acceptors (Lipinski definition) is 11. The van der Waals surface area contributed by atoms with Gasteiger partial charge in [0.15, 0.2) is 0 Å². The van der Waals surface area contributed by atoms with Gasteiger partial charge >= 0.3 is 12.0 Å². The van der Waals surface area contributed by atoms with Crippen molar-refractivity contribution in [2.45, 2.75) is 75.8 Å². The minimum atomic E-state index is -0.476. The Kier molecular flexibility index (Phi) is 19.9. The van der Waals surface area contributed by atoms with E-state index in [1.807, 2.05) is 32.5 Å². The van der Waals surface area contributed by atoms with Crippen molar-refractivity contribution in [3.05, 3.63) is 0 Å². The van der Waals surface area contributed by atoms with Crippen LogP contribution in [0.15, 0.2) is 0 Å². The molecule has 0 unspecified atom stereocenters. The third kappa shape index (κ3) is 19.3. The van der Waals surface area contributed by atoms with Gasteiger partial charge in [-0.1, -0.05) is 6.42 Å². The quantitative estimate of drug-likeness (QED) is 0.0723. The van der Waals surface area contributed by atoms with Gasteiger partial charge in [-0.05, 0) is 33.6 Å². The van der Waals surface area contributed by atoms with E-state index in [4.69, 9.17) is 33.2 Å². The highest BCUT2D eigenvalue weighted by Gasteiger charge is 2.42. The summed E-state index contributed by atoms with van der Waals surface area (Å²) in [5.74, 6) is 0.733. The molecule has 2 saturated heterocycles. The highest BCUT2D eigenvalue weighted by molar-refractivity contribution is 8.00. The SMILES string of the molecule is CC(C)(C)OC(=O)CCOCCOCCOCCOCCOCCOCCNC(=O)CCCC[C@@H]1SC[C@@H]2NC(=O)N[C@@H]21. The van der Waals surface area contributed by atoms with E-state index < -0.39 is 5.60 Å². The lowest BCUT2D eigenvalue weighted by molar-refractivity contribution is -0.156. The highest BCUT2D eigenvalue weighted by Crippen LogP contribution is 2.33. The minimum absolute atomic E-state index is 0.0414. The Bertz CT molecular complexity index is 786. The van der Waals surface area contributed by atoms with E-state index in [2.05, 4.69) is 16.0 Å². The molecule has 3 atom stereocenters. The summed E-state index contributed by atoms with van der Waals surface area (Å²) >= 11 is 1.90. The van der Waals surface area contributed by atoms with Crippen LogP contribution >= 0.6 is 11.8 Å². The third-order valence-electron chi connectivity index (χ3n) is 6.38. The van der Waals surface area contributed by atoms with Crippen molar-refractivity contribution in [1.29, 1.82) is 0 Å². The van der Waals surface area contributed by atoms with Crippen molar-refractivity contribution in [2.24, 2.45) is 0 Å². The summed E-state index contributed by atoms with van der Waals surface area (Å²) in [4.78, 5) is 35.0. The van der Waals surface area contributed by atoms with Gasteiger partial charge in [0.1, 0.15) is 5.60 Å². The van der Waals surface area contributed by atoms with E-state index in [0.717, 1.165) is 25.0 Å². The number of fused-ring (bicyclic) bond motifs is 1. The lowest BCUT2D eigenvalue weighted by atomic mass is 10.0. The topological polar surface area (TPSA) is 152 Å². The molecule has 3 N–H and O–H groups in total. The zero-order valence-corrected chi connectivity index (χ0v) is 27.0. The summed E-state index contributed by atoms with van der Waals surface area (Å²) in [5, 5.41) is 9.27. The standard InChI is InChI=1S/C29H53N3O10S/c1-29(2,3)42-26(34)8-10-36-12-14-38-16-18-40-20-21-41-19-17-39-15-13-37-11-9-30-25(33)7-5-4-6-24-27-23(22-43-24)31-28(35)32-27/h23-24,27H,4-22H2,1-3H3,(H,30,33)(H2,31,32,35)/t23-,24-,27-/m0/s1. The lowest BCUT2D eigenvalue weighted by Crippen LogP contribution is -2.36. The van der Waals surface area contributed by atoms with Crippen molar-refractivity contribution in [3.8, 4) is 0 Å². The highest BCUT2D eigenvalue weighted by atomic mass is 32.2. The van der Waals surface area contributed by atoms with E-state index >= 15 is 0 Å². The Balaban J connectivity index is 1.21. The molecule has 0 bridgehead atoms. The van der Waals surface area contributed by atoms with Gasteiger partial charge in [-0.3, -0.25) is 9.59 Å². The average Bonchev–Trinajstić information content (AvgIpc) is 3.50. The Morgan fingerprint density at radius 2 is 1.30 bits per heavy atom. The van der Waals surface area contributed by atoms with Crippen LogP contribution in [0.25, 0.3) is 0 Å². The van der Waals surface area contributed by atoms with Crippen LogP contribution in [0.5, 0.6) is 0 Å². The van der Waals surface area contributed by atoms with Crippen LogP contribution in [0, 0.1) is 0 Å². The molecule has 13 nitrogen and oxygen atoms in total. The molecule has 0 aromatic heterocycles. The molecule has 2 fully saturated rings. The summed E-state index contributed by atoms with van der Waals surface area (Å²) in [6.45, 7) is 11.4. The van der Waals surface area contributed by atoms with Gasteiger partial charge in [-0.25, -0.2) is 4.79 Å². The smallest absolute Gasteiger partial charge is 0.315 e. The molecule has 3 amide bonds. The number of esters is 1. The number of unbranched alkanes of at least 4 members (excludes halogenated alkanes) is 1. The minimum Gasteiger partial charge on any atom is -0.460 e. The zero-order valence-electron chi connectivity index (χ0n) is 26.2. The van der Waals surface area contributed by atoms with Crippen LogP contribution < -0.4 is 16.0 Å². The van der Waals surface area contributed by atoms with Crippen molar-refractivity contribution >= 4 is 29.7 Å². The van der Waals surface area contributed by atoms with Crippen LogP contribution in [-0.4, -0.2) is 132 Å². The molecule has 0 spiro atoms. The monoisotopic (exact) mass is 635 g/mol. The predicted molar refractivity (Wildman–Crippen MR) is 162 cm³/mol. The second kappa shape index (κ2) is 22.8. The molecular weight excluding hydrogens is 582 g/mol. The van der Waals surface area contributed by atoms with Crippen molar-refractivity contribution < 1.29 is 47.5 Å². The maximum absolute atomic E-state index is 12.0. The maximum atomic E-state index is 12.0. The first-order valence-corrected chi connectivity index (χ1v) is 16.4. The van der Waals surface area contributed by atoms with E-state index in [1.54, 1.807) is 0 Å². The molecule has 0 saturated carbocycles. The van der Waals surface area contributed by atoms with E-state index in [1.165, 1.54) is 0 Å². The van der Waals surface area contributed by atoms with Gasteiger partial charge in [0.25, 0.3) is 0 Å². The molecule has 0 aromatic rings. The summed E-state index contributed by atoms with van der Waals surface area (Å²) in [5.41, 5.74) is -0.476. The Morgan fingerprint density at radius 1 is 0.767 bits per heavy atom. The van der Waals surface area contributed by atoms with Gasteiger partial charge in [0.05, 0.1) is 97.8 Å². The molecule has 2 rings (SSSR count). The zero-order chi connectivity index (χ0) is 31.2. The number of thioether (sulfide) groups is 1. The number of ether oxygens (including phenoxy) is 7. The van der Waals surface area contributed by atoms with Crippen LogP contribution in [0.4, 0.5) is 4.79 Å². The number of rotatable bonds is 26. The van der Waals surface area contributed by atoms with Gasteiger partial charge < -0.3 is 49.1 Å². The molecule has 2 aliphatic heterocycles. The first-order valence-electron chi connectivity index (χ1n) is 15.4. The summed E-state index contributed by atoms with van der Waals surface area (Å²) < 4.78 is 37.8. The molecule has 2 aliphatic rings. The molecule has 43 heavy (non-hydrogen) atoms. The van der Waals surface area contributed by atoms with Crippen LogP contribution in [-0.2, 0) is 42.7 Å². The van der Waals surface area contributed by atoms with Crippen LogP contribution in [0.1, 0.15) is 52.9 Å². The molecular formula is C29H53N3O10S. The van der Waals surface area contributed by atoms with E-state index in [0.29, 0.717) is 97.5 Å². The van der Waals surface area contributed by atoms with Gasteiger partial charge in [-0.15, -0.1) is 0 Å². The van der Waals surface area contributed by atoms with Crippen molar-refractivity contribution in [1.82, 2.24) is 16.0 Å². The number of urea groups is 1. The molecule has 0 aromatic carbocycles. The van der Waals surface area contributed by atoms with Crippen molar-refractivity contribution in [2.75, 3.05) is 91.6 Å². The van der Waals surface area contributed by atoms with E-state index in [-0.39, 0.29) is 36.4 Å². The number of amides is 3. The molecule has 250 valence electrons. The predicted octanol–water partition coefficient (Wildman–Crippen LogP) is 1.66. The fourth-order valence-corrected chi connectivity index (χ4v) is 5.92. The average molecular weight is 636 g/mol. The Hall–Kier alpha value is -1.68. The van der Waals surface area contributed by atoms with E-state index in [9.17, 15) is 14.4 Å². The molecule has 14 heteroatoms. The summed E-state index contributed by atoms with van der Waals surface area (Å²) in [6, 6.07) is 0.409. The largest absolute Gasteiger partial charge is 0.460 e. The van der Waals surface area contributed by atoms with Crippen LogP contribution in [0.2, 0.25) is 0 Å². The third-order valence-corrected chi connectivity index (χ3v) is 7.89. The van der Waals surface area contributed by atoms with Gasteiger partial charge in [0, 0.05) is 24.0 Å². The number of nitrogens with one attached hydrogen (secondary N) is 3. The van der Waals surface area contributed by atoms with Crippen molar-refractivity contribution in [3.63, 3.8) is 0 Å². The first kappa shape index (κ1) is 37.5. The van der Waals surface area contributed by atoms with Gasteiger partial charge in [0.2, 0.25) is 5.91 Å². The fraction of sp³-hybridized carbons (Fsp3) is 0.897. The normalized spacial score (nSPS) is 19.6. The Labute approximate surface area is 260 Å². The summed E-state index contributed by atoms with van der Waals surface area (Å²) in [7, 11) is 0. The number of carbonyl (C=O) groups excluding carboxylic acids is 3. The molecule has 2 heterocycles. The number of hydrogen-bond donors (Lipinski definition) is 3. The first-order chi connectivity index (χ1) is 20.7. The molecule has 0 radical (unpaired) electrons. The second-order valence-corrected chi connectivity index (χ2v) is 12.5. The van der Waals surface area contributed by atoms with Crippen LogP contribution in [0.3, 0.4) is 0 Å². The Morgan fingerprint density at radius 3 is 1.86 bits per heavy atom. The maximum Gasteiger partial charge on any atom is 0.315 e. The summed E-state index contributed by atoms with van der Waals surface area (Å²) in [6.07, 6.45) is 3.56. The second-order valence-electron chi connectivity index (χ2n) is 11.2.